The van der Waals surface area contributed by atoms with Gasteiger partial charge in [0.1, 0.15) is 0 Å². The molecule has 1 aromatic carbocycles. The molecule has 9 heteroatoms. The molecule has 1 amide bonds. The third-order valence-electron chi connectivity index (χ3n) is 4.97. The Bertz CT molecular complexity index is 1020. The fourth-order valence-corrected chi connectivity index (χ4v) is 4.18. The van der Waals surface area contributed by atoms with Gasteiger partial charge >= 0.3 is 0 Å². The molecule has 3 aromatic rings. The van der Waals surface area contributed by atoms with E-state index in [1.54, 1.807) is 18.7 Å². The predicted octanol–water partition coefficient (Wildman–Crippen LogP) is 2.96. The molecule has 0 bridgehead atoms. The first-order chi connectivity index (χ1) is 14.2. The molecule has 0 radical (unpaired) electrons. The van der Waals surface area contributed by atoms with Gasteiger partial charge in [0.15, 0.2) is 17.1 Å². The number of amides is 1. The minimum atomic E-state index is 0.0229. The Balaban J connectivity index is 1.52. The van der Waals surface area contributed by atoms with E-state index in [4.69, 9.17) is 9.47 Å². The van der Waals surface area contributed by atoms with Gasteiger partial charge in [0.2, 0.25) is 11.1 Å². The number of carbonyl (C=O) groups is 1. The van der Waals surface area contributed by atoms with Crippen LogP contribution in [-0.4, -0.2) is 51.7 Å². The molecule has 2 heterocycles. The van der Waals surface area contributed by atoms with Crippen molar-refractivity contribution in [2.75, 3.05) is 20.0 Å². The molecule has 0 spiro atoms. The third kappa shape index (κ3) is 4.29. The highest BCUT2D eigenvalue weighted by Gasteiger charge is 2.18. The summed E-state index contributed by atoms with van der Waals surface area (Å²) < 4.78 is 12.3. The van der Waals surface area contributed by atoms with Crippen molar-refractivity contribution in [2.24, 2.45) is 0 Å². The molecular weight excluding hydrogens is 390 g/mol. The lowest BCUT2D eigenvalue weighted by Crippen LogP contribution is -2.33. The average Bonchev–Trinajstić information content (AvgIpc) is 3.41. The normalized spacial score (nSPS) is 14.3. The van der Waals surface area contributed by atoms with Gasteiger partial charge in [0.05, 0.1) is 25.7 Å². The molecule has 1 fully saturated rings. The molecule has 4 rings (SSSR count). The highest BCUT2D eigenvalue weighted by Crippen LogP contribution is 2.31. The average molecular weight is 414 g/mol. The van der Waals surface area contributed by atoms with Crippen LogP contribution in [0.15, 0.2) is 35.5 Å². The number of fused-ring (bicyclic) bond motifs is 1. The Labute approximate surface area is 173 Å². The second-order valence-corrected chi connectivity index (χ2v) is 7.82. The molecule has 1 saturated carbocycles. The number of carbonyl (C=O) groups excluding carboxylic acids is 1. The van der Waals surface area contributed by atoms with Gasteiger partial charge < -0.3 is 14.8 Å². The van der Waals surface area contributed by atoms with E-state index < -0.39 is 0 Å². The van der Waals surface area contributed by atoms with Crippen LogP contribution in [0.3, 0.4) is 0 Å². The van der Waals surface area contributed by atoms with E-state index in [0.29, 0.717) is 34.1 Å². The Morgan fingerprint density at radius 1 is 1.14 bits per heavy atom. The molecule has 29 heavy (non-hydrogen) atoms. The summed E-state index contributed by atoms with van der Waals surface area (Å²) in [5.41, 5.74) is 2.26. The molecule has 0 unspecified atom stereocenters. The summed E-state index contributed by atoms with van der Waals surface area (Å²) >= 11 is 1.34. The van der Waals surface area contributed by atoms with Crippen LogP contribution in [0.4, 0.5) is 0 Å². The van der Waals surface area contributed by atoms with Gasteiger partial charge in [0.25, 0.3) is 0 Å². The number of hydrogen-bond acceptors (Lipinski definition) is 7. The van der Waals surface area contributed by atoms with Crippen LogP contribution in [0.1, 0.15) is 25.7 Å². The number of hydrogen-bond donors (Lipinski definition) is 1. The first kappa shape index (κ1) is 19.5. The highest BCUT2D eigenvalue weighted by molar-refractivity contribution is 7.99. The van der Waals surface area contributed by atoms with E-state index in [1.165, 1.54) is 24.6 Å². The first-order valence-electron chi connectivity index (χ1n) is 9.55. The Kier molecular flexibility index (Phi) is 5.84. The summed E-state index contributed by atoms with van der Waals surface area (Å²) in [7, 11) is 3.20. The van der Waals surface area contributed by atoms with Gasteiger partial charge in [-0.2, -0.15) is 9.61 Å². The largest absolute Gasteiger partial charge is 0.493 e. The molecule has 0 aliphatic heterocycles. The maximum atomic E-state index is 12.2. The van der Waals surface area contributed by atoms with E-state index in [0.717, 1.165) is 24.1 Å². The SMILES string of the molecule is COc1ccc(-c2ccc3nnc(SCC(=O)NC4CCCC4)n3n2)cc1OC. The van der Waals surface area contributed by atoms with Crippen molar-refractivity contribution in [3.05, 3.63) is 30.3 Å². The van der Waals surface area contributed by atoms with Gasteiger partial charge in [-0.3, -0.25) is 4.79 Å². The summed E-state index contributed by atoms with van der Waals surface area (Å²) in [5.74, 6) is 1.61. The summed E-state index contributed by atoms with van der Waals surface area (Å²) in [4.78, 5) is 12.2. The second kappa shape index (κ2) is 8.69. The van der Waals surface area contributed by atoms with Crippen LogP contribution in [0.5, 0.6) is 11.5 Å². The quantitative estimate of drug-likeness (QED) is 0.596. The fraction of sp³-hybridized carbons (Fsp3) is 0.400. The van der Waals surface area contributed by atoms with Crippen molar-refractivity contribution in [3.63, 3.8) is 0 Å². The van der Waals surface area contributed by atoms with Gasteiger partial charge in [-0.25, -0.2) is 0 Å². The zero-order valence-corrected chi connectivity index (χ0v) is 17.2. The molecule has 1 aliphatic rings. The van der Waals surface area contributed by atoms with Crippen LogP contribution < -0.4 is 14.8 Å². The maximum absolute atomic E-state index is 12.2. The number of methoxy groups -OCH3 is 2. The Morgan fingerprint density at radius 2 is 1.93 bits per heavy atom. The lowest BCUT2D eigenvalue weighted by atomic mass is 10.1. The number of aromatic nitrogens is 4. The first-order valence-corrected chi connectivity index (χ1v) is 10.5. The standard InChI is InChI=1S/C20H23N5O3S/c1-27-16-9-7-13(11-17(16)28-2)15-8-10-18-22-23-20(25(18)24-15)29-12-19(26)21-14-5-3-4-6-14/h7-11,14H,3-6,12H2,1-2H3,(H,21,26). The Morgan fingerprint density at radius 3 is 2.69 bits per heavy atom. The highest BCUT2D eigenvalue weighted by atomic mass is 32.2. The smallest absolute Gasteiger partial charge is 0.230 e. The summed E-state index contributed by atoms with van der Waals surface area (Å²) in [5, 5.41) is 16.7. The van der Waals surface area contributed by atoms with Crippen LogP contribution in [0, 0.1) is 0 Å². The summed E-state index contributed by atoms with van der Waals surface area (Å²) in [6.07, 6.45) is 4.52. The summed E-state index contributed by atoms with van der Waals surface area (Å²) in [6.45, 7) is 0. The number of thioether (sulfide) groups is 1. The Hall–Kier alpha value is -2.81. The van der Waals surface area contributed by atoms with Crippen LogP contribution in [-0.2, 0) is 4.79 Å². The van der Waals surface area contributed by atoms with E-state index >= 15 is 0 Å². The molecular formula is C20H23N5O3S. The zero-order valence-electron chi connectivity index (χ0n) is 16.4. The topological polar surface area (TPSA) is 90.6 Å². The van der Waals surface area contributed by atoms with Crippen molar-refractivity contribution < 1.29 is 14.3 Å². The van der Waals surface area contributed by atoms with E-state index in [2.05, 4.69) is 20.6 Å². The number of nitrogens with one attached hydrogen (secondary N) is 1. The van der Waals surface area contributed by atoms with E-state index in [1.807, 2.05) is 30.3 Å². The van der Waals surface area contributed by atoms with E-state index in [9.17, 15) is 4.79 Å². The molecule has 1 N–H and O–H groups in total. The number of nitrogens with zero attached hydrogens (tertiary/aromatic N) is 4. The van der Waals surface area contributed by atoms with Gasteiger partial charge in [0, 0.05) is 11.6 Å². The molecule has 1 aliphatic carbocycles. The molecule has 152 valence electrons. The maximum Gasteiger partial charge on any atom is 0.230 e. The fourth-order valence-electron chi connectivity index (χ4n) is 3.48. The van der Waals surface area contributed by atoms with Crippen molar-refractivity contribution in [3.8, 4) is 22.8 Å². The van der Waals surface area contributed by atoms with Crippen LogP contribution in [0.25, 0.3) is 16.9 Å². The van der Waals surface area contributed by atoms with Crippen LogP contribution in [0.2, 0.25) is 0 Å². The van der Waals surface area contributed by atoms with Crippen molar-refractivity contribution >= 4 is 23.3 Å². The minimum Gasteiger partial charge on any atom is -0.493 e. The molecule has 8 nitrogen and oxygen atoms in total. The van der Waals surface area contributed by atoms with Crippen molar-refractivity contribution in [1.82, 2.24) is 25.1 Å². The molecule has 0 saturated heterocycles. The third-order valence-corrected chi connectivity index (χ3v) is 5.89. The lowest BCUT2D eigenvalue weighted by Gasteiger charge is -2.11. The van der Waals surface area contributed by atoms with Crippen molar-refractivity contribution in [1.29, 1.82) is 0 Å². The minimum absolute atomic E-state index is 0.0229. The number of ether oxygens (including phenoxy) is 2. The van der Waals surface area contributed by atoms with Crippen molar-refractivity contribution in [2.45, 2.75) is 36.9 Å². The number of rotatable bonds is 7. The second-order valence-electron chi connectivity index (χ2n) is 6.88. The lowest BCUT2D eigenvalue weighted by molar-refractivity contribution is -0.119. The number of benzene rings is 1. The van der Waals surface area contributed by atoms with Gasteiger partial charge in [-0.05, 0) is 43.2 Å². The summed E-state index contributed by atoms with van der Waals surface area (Å²) in [6, 6.07) is 9.69. The molecule has 0 atom stereocenters. The van der Waals surface area contributed by atoms with Gasteiger partial charge in [-0.1, -0.05) is 24.6 Å². The molecule has 2 aromatic heterocycles. The predicted molar refractivity (Wildman–Crippen MR) is 110 cm³/mol. The van der Waals surface area contributed by atoms with Gasteiger partial charge in [-0.15, -0.1) is 10.2 Å². The monoisotopic (exact) mass is 413 g/mol. The van der Waals surface area contributed by atoms with E-state index in [-0.39, 0.29) is 5.91 Å². The van der Waals surface area contributed by atoms with Crippen LogP contribution >= 0.6 is 11.8 Å². The zero-order chi connectivity index (χ0) is 20.2.